The van der Waals surface area contributed by atoms with Gasteiger partial charge < -0.3 is 19.6 Å². The maximum absolute atomic E-state index is 2.56. The van der Waals surface area contributed by atoms with E-state index in [0.717, 1.165) is 64.8 Å². The van der Waals surface area contributed by atoms with E-state index in [1.165, 1.54) is 59.2 Å². The van der Waals surface area contributed by atoms with Gasteiger partial charge in [0.25, 0.3) is 0 Å². The van der Waals surface area contributed by atoms with Crippen LogP contribution in [-0.2, 0) is 6.42 Å². The molecule has 1 unspecified atom stereocenters. The minimum atomic E-state index is 0.178. The molecule has 10 aromatic carbocycles. The first-order valence-electron chi connectivity index (χ1n) is 25.3. The summed E-state index contributed by atoms with van der Waals surface area (Å²) >= 11 is 1.86. The minimum Gasteiger partial charge on any atom is -0.338 e. The molecule has 0 fully saturated rings. The fourth-order valence-corrected chi connectivity index (χ4v) is 12.0. The molecule has 11 aromatic rings. The van der Waals surface area contributed by atoms with Gasteiger partial charge in [0.2, 0.25) is 0 Å². The number of para-hydroxylation sites is 4. The lowest BCUT2D eigenvalue weighted by atomic mass is 9.93. The number of benzene rings is 10. The summed E-state index contributed by atoms with van der Waals surface area (Å²) in [6.07, 6.45) is 12.5. The first-order valence-corrected chi connectivity index (χ1v) is 26.1. The number of anilines is 9. The third kappa shape index (κ3) is 8.54. The van der Waals surface area contributed by atoms with Crippen molar-refractivity contribution in [1.82, 2.24) is 0 Å². The van der Waals surface area contributed by atoms with Crippen LogP contribution in [0.3, 0.4) is 0 Å². The van der Waals surface area contributed by atoms with Crippen LogP contribution >= 0.6 is 11.3 Å². The lowest BCUT2D eigenvalue weighted by Crippen LogP contribution is -2.35. The predicted octanol–water partition coefficient (Wildman–Crippen LogP) is 19.0. The van der Waals surface area contributed by atoms with Crippen molar-refractivity contribution in [2.75, 3.05) is 19.6 Å². The summed E-state index contributed by atoms with van der Waals surface area (Å²) in [7, 11) is 0. The van der Waals surface area contributed by atoms with Crippen LogP contribution in [-0.4, -0.2) is 6.04 Å². The molecule has 1 aromatic heterocycles. The Bertz CT molecular complexity index is 3840. The third-order valence-corrected chi connectivity index (χ3v) is 15.5. The molecule has 73 heavy (non-hydrogen) atoms. The molecule has 0 aliphatic heterocycles. The van der Waals surface area contributed by atoms with Crippen LogP contribution in [0.15, 0.2) is 278 Å². The van der Waals surface area contributed by atoms with Gasteiger partial charge in [-0.05, 0) is 163 Å². The molecule has 5 heteroatoms. The standard InChI is InChI=1S/C68H52N4S/c1-5-22-52(23-6-1)69(60-33-32-49-18-13-14-20-51(49)46-60)56-34-36-57(37-35-56)70(53-24-7-2-8-25-53)61-42-44-67-64(47-61)65-48-62(43-45-68(65)73-67)71(54-26-9-3-10-27-54)58-38-40-59(41-39-58)72(55-28-11-4-12-29-55)66-31-17-21-50-19-15-16-30-63(50)66/h1-31,34,36-48,56H,32-33,35H2. The number of fused-ring (bicyclic) bond motifs is 5. The van der Waals surface area contributed by atoms with Crippen molar-refractivity contribution in [1.29, 1.82) is 0 Å². The largest absolute Gasteiger partial charge is 0.338 e. The summed E-state index contributed by atoms with van der Waals surface area (Å²) < 4.78 is 2.53. The Balaban J connectivity index is 0.861. The SMILES string of the molecule is C1=CC(N(C2=Cc3ccccc3CC2)c2ccccc2)CC=C1N(c1ccccc1)c1ccc2sc3ccc(N(c4ccccc4)c4ccc(N(c5ccccc5)c5cccc6ccccc56)cc4)cc3c2c1. The minimum absolute atomic E-state index is 0.178. The van der Waals surface area contributed by atoms with Crippen molar-refractivity contribution in [2.45, 2.75) is 25.3 Å². The Morgan fingerprint density at radius 2 is 0.890 bits per heavy atom. The van der Waals surface area contributed by atoms with Gasteiger partial charge in [-0.2, -0.15) is 0 Å². The second-order valence-electron chi connectivity index (χ2n) is 18.8. The second-order valence-corrected chi connectivity index (χ2v) is 19.9. The van der Waals surface area contributed by atoms with Gasteiger partial charge in [0.15, 0.2) is 0 Å². The Morgan fingerprint density at radius 3 is 1.53 bits per heavy atom. The molecular formula is C68H52N4S. The quantitative estimate of drug-likeness (QED) is 0.121. The highest BCUT2D eigenvalue weighted by Gasteiger charge is 2.26. The van der Waals surface area contributed by atoms with E-state index in [0.29, 0.717) is 0 Å². The number of nitrogens with zero attached hydrogens (tertiary/aromatic N) is 4. The van der Waals surface area contributed by atoms with Gasteiger partial charge in [-0.15, -0.1) is 11.3 Å². The fourth-order valence-electron chi connectivity index (χ4n) is 11.0. The van der Waals surface area contributed by atoms with Crippen LogP contribution in [0.1, 0.15) is 24.0 Å². The molecule has 0 saturated carbocycles. The third-order valence-electron chi connectivity index (χ3n) is 14.4. The van der Waals surface area contributed by atoms with Crippen molar-refractivity contribution in [2.24, 2.45) is 0 Å². The number of hydrogen-bond donors (Lipinski definition) is 0. The van der Waals surface area contributed by atoms with Gasteiger partial charge in [0.05, 0.1) is 11.7 Å². The van der Waals surface area contributed by atoms with Crippen LogP contribution in [0, 0.1) is 0 Å². The summed E-state index contributed by atoms with van der Waals surface area (Å²) in [6.45, 7) is 0. The van der Waals surface area contributed by atoms with Gasteiger partial charge in [-0.1, -0.05) is 146 Å². The zero-order valence-electron chi connectivity index (χ0n) is 40.4. The zero-order chi connectivity index (χ0) is 48.5. The van der Waals surface area contributed by atoms with Crippen LogP contribution in [0.5, 0.6) is 0 Å². The van der Waals surface area contributed by atoms with E-state index in [2.05, 4.69) is 293 Å². The van der Waals surface area contributed by atoms with Crippen LogP contribution in [0.25, 0.3) is 37.0 Å². The van der Waals surface area contributed by atoms with Crippen molar-refractivity contribution < 1.29 is 0 Å². The fraction of sp³-hybridized carbons (Fsp3) is 0.0588. The molecule has 13 rings (SSSR count). The van der Waals surface area contributed by atoms with Crippen LogP contribution in [0.4, 0.5) is 51.2 Å². The summed E-state index contributed by atoms with van der Waals surface area (Å²) in [5.41, 5.74) is 15.4. The molecule has 0 N–H and O–H groups in total. The Labute approximate surface area is 431 Å². The molecule has 1 heterocycles. The predicted molar refractivity (Wildman–Crippen MR) is 312 cm³/mol. The topological polar surface area (TPSA) is 13.0 Å². The lowest BCUT2D eigenvalue weighted by Gasteiger charge is -2.37. The van der Waals surface area contributed by atoms with E-state index in [1.54, 1.807) is 0 Å². The molecule has 4 nitrogen and oxygen atoms in total. The Hall–Kier alpha value is -8.90. The molecule has 0 radical (unpaired) electrons. The maximum Gasteiger partial charge on any atom is 0.0558 e. The van der Waals surface area contributed by atoms with Gasteiger partial charge in [0, 0.05) is 82.5 Å². The molecule has 0 bridgehead atoms. The number of allylic oxidation sites excluding steroid dienone is 2. The number of rotatable bonds is 12. The van der Waals surface area contributed by atoms with E-state index in [1.807, 2.05) is 11.3 Å². The first-order chi connectivity index (χ1) is 36.2. The van der Waals surface area contributed by atoms with Crippen molar-refractivity contribution in [3.63, 3.8) is 0 Å². The highest BCUT2D eigenvalue weighted by Crippen LogP contribution is 2.45. The zero-order valence-corrected chi connectivity index (χ0v) is 41.2. The smallest absolute Gasteiger partial charge is 0.0558 e. The van der Waals surface area contributed by atoms with E-state index in [9.17, 15) is 0 Å². The average molecular weight is 957 g/mol. The molecule has 2 aliphatic carbocycles. The van der Waals surface area contributed by atoms with Crippen molar-refractivity contribution in [3.8, 4) is 0 Å². The van der Waals surface area contributed by atoms with Crippen molar-refractivity contribution in [3.05, 3.63) is 289 Å². The molecule has 0 saturated heterocycles. The summed E-state index contributed by atoms with van der Waals surface area (Å²) in [6, 6.07) is 90.4. The molecule has 350 valence electrons. The molecule has 0 spiro atoms. The van der Waals surface area contributed by atoms with E-state index in [-0.39, 0.29) is 6.04 Å². The Kier molecular flexibility index (Phi) is 11.7. The van der Waals surface area contributed by atoms with Gasteiger partial charge in [0.1, 0.15) is 0 Å². The monoisotopic (exact) mass is 956 g/mol. The van der Waals surface area contributed by atoms with Crippen LogP contribution in [0.2, 0.25) is 0 Å². The molecular weight excluding hydrogens is 905 g/mol. The summed E-state index contributed by atoms with van der Waals surface area (Å²) in [4.78, 5) is 9.74. The van der Waals surface area contributed by atoms with Gasteiger partial charge >= 0.3 is 0 Å². The number of thiophene rings is 1. The normalized spacial score (nSPS) is 14.1. The summed E-state index contributed by atoms with van der Waals surface area (Å²) in [5, 5.41) is 4.91. The van der Waals surface area contributed by atoms with E-state index in [4.69, 9.17) is 0 Å². The number of hydrogen-bond acceptors (Lipinski definition) is 5. The average Bonchev–Trinajstić information content (AvgIpc) is 3.83. The van der Waals surface area contributed by atoms with Gasteiger partial charge in [-0.3, -0.25) is 0 Å². The lowest BCUT2D eigenvalue weighted by molar-refractivity contribution is 0.715. The molecule has 1 atom stereocenters. The number of aryl methyl sites for hydroxylation is 1. The first kappa shape index (κ1) is 44.1. The molecule has 0 amide bonds. The van der Waals surface area contributed by atoms with Crippen molar-refractivity contribution >= 4 is 99.5 Å². The van der Waals surface area contributed by atoms with Gasteiger partial charge in [-0.25, -0.2) is 0 Å². The van der Waals surface area contributed by atoms with E-state index >= 15 is 0 Å². The Morgan fingerprint density at radius 1 is 0.384 bits per heavy atom. The highest BCUT2D eigenvalue weighted by atomic mass is 32.1. The van der Waals surface area contributed by atoms with E-state index < -0.39 is 0 Å². The highest BCUT2D eigenvalue weighted by molar-refractivity contribution is 7.25. The second kappa shape index (κ2) is 19.4. The summed E-state index contributed by atoms with van der Waals surface area (Å²) in [5.74, 6) is 0. The maximum atomic E-state index is 2.56. The molecule has 2 aliphatic rings. The van der Waals surface area contributed by atoms with Crippen LogP contribution < -0.4 is 19.6 Å².